The Morgan fingerprint density at radius 3 is 2.47 bits per heavy atom. The number of benzene rings is 3. The number of hydrogen-bond acceptors (Lipinski definition) is 8. The van der Waals surface area contributed by atoms with Gasteiger partial charge in [-0.15, -0.1) is 0 Å². The van der Waals surface area contributed by atoms with Crippen LogP contribution in [-0.4, -0.2) is 41.2 Å². The van der Waals surface area contributed by atoms with Gasteiger partial charge >= 0.3 is 11.0 Å². The number of ether oxygens (including phenoxy) is 2. The summed E-state index contributed by atoms with van der Waals surface area (Å²) in [5, 5.41) is 2.14. The number of para-hydroxylation sites is 1. The van der Waals surface area contributed by atoms with Crippen LogP contribution in [0.25, 0.3) is 0 Å². The van der Waals surface area contributed by atoms with Crippen molar-refractivity contribution in [3.63, 3.8) is 0 Å². The van der Waals surface area contributed by atoms with E-state index in [1.54, 1.807) is 55.5 Å². The highest BCUT2D eigenvalue weighted by Crippen LogP contribution is 2.53. The lowest BCUT2D eigenvalue weighted by atomic mass is 9.83. The van der Waals surface area contributed by atoms with Gasteiger partial charge in [0.15, 0.2) is 18.1 Å². The monoisotopic (exact) mass is 655 g/mol. The molecule has 9 nitrogen and oxygen atoms in total. The smallest absolute Gasteiger partial charge is 0.416 e. The number of nitrogens with zero attached hydrogens (tertiary/aromatic N) is 1. The molecule has 3 aromatic carbocycles. The van der Waals surface area contributed by atoms with E-state index >= 15 is 0 Å². The zero-order chi connectivity index (χ0) is 31.9. The number of aromatic amines is 1. The average molecular weight is 656 g/mol. The summed E-state index contributed by atoms with van der Waals surface area (Å²) in [4.78, 5) is 56.7. The summed E-state index contributed by atoms with van der Waals surface area (Å²) in [5.74, 6) is -2.48. The SMILES string of the molecule is CCOc1cc([C@H]2c3sc(=O)[nH]c3SC3C(=O)N(c4ccccc4)C(=O)C32)ccc1OCC(=O)Nc1cccc(C(F)(F)F)c1. The molecule has 2 aliphatic heterocycles. The lowest BCUT2D eigenvalue weighted by molar-refractivity contribution is -0.137. The number of anilines is 2. The molecule has 3 heterocycles. The van der Waals surface area contributed by atoms with Gasteiger partial charge in [0.25, 0.3) is 5.91 Å². The van der Waals surface area contributed by atoms with Gasteiger partial charge in [0, 0.05) is 16.5 Å². The number of rotatable bonds is 8. The molecule has 2 unspecified atom stereocenters. The number of amides is 3. The first-order valence-corrected chi connectivity index (χ1v) is 15.4. The van der Waals surface area contributed by atoms with Gasteiger partial charge in [0.1, 0.15) is 5.25 Å². The normalized spacial score (nSPS) is 19.2. The maximum Gasteiger partial charge on any atom is 0.416 e. The predicted octanol–water partition coefficient (Wildman–Crippen LogP) is 5.67. The molecule has 0 spiro atoms. The molecule has 232 valence electrons. The molecule has 1 saturated heterocycles. The molecule has 6 rings (SSSR count). The van der Waals surface area contributed by atoms with E-state index < -0.39 is 41.3 Å². The van der Waals surface area contributed by atoms with Gasteiger partial charge in [-0.2, -0.15) is 13.2 Å². The minimum atomic E-state index is -4.56. The van der Waals surface area contributed by atoms with Gasteiger partial charge < -0.3 is 19.8 Å². The van der Waals surface area contributed by atoms with Gasteiger partial charge in [0.05, 0.1) is 28.8 Å². The van der Waals surface area contributed by atoms with Crippen molar-refractivity contribution in [1.82, 2.24) is 4.98 Å². The molecule has 3 atom stereocenters. The maximum absolute atomic E-state index is 13.9. The lowest BCUT2D eigenvalue weighted by Crippen LogP contribution is -2.32. The van der Waals surface area contributed by atoms with E-state index in [1.807, 2.05) is 0 Å². The molecule has 4 aromatic rings. The molecule has 0 bridgehead atoms. The molecule has 0 radical (unpaired) electrons. The summed E-state index contributed by atoms with van der Waals surface area (Å²) in [6.07, 6.45) is -4.56. The molecule has 1 fully saturated rings. The van der Waals surface area contributed by atoms with Crippen molar-refractivity contribution >= 4 is 52.2 Å². The summed E-state index contributed by atoms with van der Waals surface area (Å²) in [7, 11) is 0. The second-order valence-electron chi connectivity index (χ2n) is 10.2. The third kappa shape index (κ3) is 5.94. The van der Waals surface area contributed by atoms with Crippen LogP contribution in [0.15, 0.2) is 82.6 Å². The number of nitrogens with one attached hydrogen (secondary N) is 2. The number of hydrogen-bond donors (Lipinski definition) is 2. The number of alkyl halides is 3. The average Bonchev–Trinajstić information content (AvgIpc) is 3.50. The second kappa shape index (κ2) is 12.1. The van der Waals surface area contributed by atoms with Gasteiger partial charge in [-0.05, 0) is 55.0 Å². The standard InChI is InChI=1S/C31H24F3N3O6S2/c1-2-42-21-13-16(11-12-20(21)43-15-22(38)35-18-8-6-7-17(14-18)31(32,33)34)23-24-26(44-27-25(23)45-30(41)36-27)29(40)37(28(24)39)19-9-4-3-5-10-19/h3-14,23-24,26H,2,15H2,1H3,(H,35,38)(H,36,41)/t23-,24?,26?/m1/s1. The number of thioether (sulfide) groups is 1. The minimum absolute atomic E-state index is 0.0369. The quantitative estimate of drug-likeness (QED) is 0.235. The highest BCUT2D eigenvalue weighted by molar-refractivity contribution is 8.00. The van der Waals surface area contributed by atoms with Crippen molar-refractivity contribution in [2.45, 2.75) is 29.3 Å². The lowest BCUT2D eigenvalue weighted by Gasteiger charge is -2.30. The predicted molar refractivity (Wildman–Crippen MR) is 162 cm³/mol. The summed E-state index contributed by atoms with van der Waals surface area (Å²) in [6.45, 7) is 1.45. The number of carbonyl (C=O) groups is 3. The van der Waals surface area contributed by atoms with Crippen LogP contribution in [-0.2, 0) is 20.6 Å². The van der Waals surface area contributed by atoms with E-state index in [0.29, 0.717) is 21.2 Å². The van der Waals surface area contributed by atoms with E-state index in [0.717, 1.165) is 23.5 Å². The number of H-pyrrole nitrogens is 1. The number of aromatic nitrogens is 1. The van der Waals surface area contributed by atoms with Crippen LogP contribution >= 0.6 is 23.1 Å². The van der Waals surface area contributed by atoms with Gasteiger partial charge in [-0.3, -0.25) is 19.2 Å². The van der Waals surface area contributed by atoms with Crippen molar-refractivity contribution in [2.75, 3.05) is 23.4 Å². The molecule has 1 aromatic heterocycles. The molecular weight excluding hydrogens is 631 g/mol. The summed E-state index contributed by atoms with van der Waals surface area (Å²) in [6, 6.07) is 17.8. The summed E-state index contributed by atoms with van der Waals surface area (Å²) >= 11 is 2.14. The third-order valence-corrected chi connectivity index (χ3v) is 9.70. The van der Waals surface area contributed by atoms with Crippen LogP contribution in [0.1, 0.15) is 28.8 Å². The fraction of sp³-hybridized carbons (Fsp3) is 0.226. The molecule has 0 aliphatic carbocycles. The van der Waals surface area contributed by atoms with Crippen molar-refractivity contribution < 1.29 is 37.0 Å². The number of halogens is 3. The highest BCUT2D eigenvalue weighted by Gasteiger charge is 2.56. The first-order valence-electron chi connectivity index (χ1n) is 13.7. The van der Waals surface area contributed by atoms with Crippen molar-refractivity contribution in [2.24, 2.45) is 5.92 Å². The Kier molecular flexibility index (Phi) is 8.18. The first-order chi connectivity index (χ1) is 21.5. The van der Waals surface area contributed by atoms with Crippen molar-refractivity contribution in [1.29, 1.82) is 0 Å². The van der Waals surface area contributed by atoms with Gasteiger partial charge in [0.2, 0.25) is 11.8 Å². The zero-order valence-corrected chi connectivity index (χ0v) is 25.1. The molecule has 14 heteroatoms. The first kappa shape index (κ1) is 30.5. The molecular formula is C31H24F3N3O6S2. The zero-order valence-electron chi connectivity index (χ0n) is 23.4. The van der Waals surface area contributed by atoms with Crippen molar-refractivity contribution in [3.05, 3.63) is 98.5 Å². The van der Waals surface area contributed by atoms with E-state index in [9.17, 15) is 32.3 Å². The number of carbonyl (C=O) groups excluding carboxylic acids is 3. The Hall–Kier alpha value is -4.56. The molecule has 0 saturated carbocycles. The third-order valence-electron chi connectivity index (χ3n) is 7.30. The van der Waals surface area contributed by atoms with E-state index in [-0.39, 0.29) is 40.5 Å². The summed E-state index contributed by atoms with van der Waals surface area (Å²) < 4.78 is 50.6. The summed E-state index contributed by atoms with van der Waals surface area (Å²) in [5.41, 5.74) is 0.121. The Bertz CT molecular complexity index is 1840. The highest BCUT2D eigenvalue weighted by atomic mass is 32.2. The van der Waals surface area contributed by atoms with Crippen LogP contribution in [0.3, 0.4) is 0 Å². The molecule has 45 heavy (non-hydrogen) atoms. The topological polar surface area (TPSA) is 118 Å². The van der Waals surface area contributed by atoms with E-state index in [1.165, 1.54) is 28.8 Å². The Balaban J connectivity index is 1.28. The van der Waals surface area contributed by atoms with Gasteiger partial charge in [-0.25, -0.2) is 4.90 Å². The fourth-order valence-corrected chi connectivity index (χ4v) is 7.94. The molecule has 2 aliphatic rings. The number of fused-ring (bicyclic) bond motifs is 2. The Morgan fingerprint density at radius 2 is 1.73 bits per heavy atom. The Morgan fingerprint density at radius 1 is 0.956 bits per heavy atom. The Labute approximate surface area is 262 Å². The van der Waals surface area contributed by atoms with E-state index in [2.05, 4.69) is 10.3 Å². The second-order valence-corrected chi connectivity index (χ2v) is 12.3. The van der Waals surface area contributed by atoms with Crippen LogP contribution in [0.2, 0.25) is 0 Å². The van der Waals surface area contributed by atoms with Gasteiger partial charge in [-0.1, -0.05) is 53.4 Å². The van der Waals surface area contributed by atoms with Crippen molar-refractivity contribution in [3.8, 4) is 11.5 Å². The largest absolute Gasteiger partial charge is 0.490 e. The van der Waals surface area contributed by atoms with Crippen LogP contribution in [0, 0.1) is 5.92 Å². The number of imide groups is 1. The van der Waals surface area contributed by atoms with E-state index in [4.69, 9.17) is 9.47 Å². The van der Waals surface area contributed by atoms with Crippen LogP contribution in [0.5, 0.6) is 11.5 Å². The molecule has 2 N–H and O–H groups in total. The molecule has 3 amide bonds. The fourth-order valence-electron chi connectivity index (χ4n) is 5.43. The maximum atomic E-state index is 13.9. The van der Waals surface area contributed by atoms with Crippen LogP contribution < -0.4 is 24.6 Å². The minimum Gasteiger partial charge on any atom is -0.490 e. The number of thiazole rings is 1. The van der Waals surface area contributed by atoms with Crippen LogP contribution in [0.4, 0.5) is 24.5 Å².